The van der Waals surface area contributed by atoms with Gasteiger partial charge in [0.25, 0.3) is 0 Å². The molecule has 3 aromatic carbocycles. The van der Waals surface area contributed by atoms with Crippen molar-refractivity contribution in [3.05, 3.63) is 71.8 Å². The molecule has 1 heterocycles. The molecular formula is C27H25F2O3S+. The van der Waals surface area contributed by atoms with Gasteiger partial charge >= 0.3 is 5.97 Å². The molecule has 6 heteroatoms. The number of carbonyl (C=O) groups excluding carboxylic acids is 1. The zero-order valence-corrected chi connectivity index (χ0v) is 19.4. The summed E-state index contributed by atoms with van der Waals surface area (Å²) in [5.74, 6) is -2.29. The van der Waals surface area contributed by atoms with E-state index in [1.807, 2.05) is 43.3 Å². The van der Waals surface area contributed by atoms with Crippen LogP contribution in [0.25, 0.3) is 25.1 Å². The van der Waals surface area contributed by atoms with Crippen molar-refractivity contribution in [3.63, 3.8) is 0 Å². The Morgan fingerprint density at radius 2 is 1.67 bits per heavy atom. The van der Waals surface area contributed by atoms with Gasteiger partial charge in [-0.15, -0.1) is 0 Å². The molecule has 0 spiro atoms. The lowest BCUT2D eigenvalue weighted by Gasteiger charge is -2.34. The molecule has 0 radical (unpaired) electrons. The van der Waals surface area contributed by atoms with E-state index in [0.29, 0.717) is 10.5 Å². The molecule has 1 atom stereocenters. The number of rotatable bonds is 4. The lowest BCUT2D eigenvalue weighted by Crippen LogP contribution is -2.34. The van der Waals surface area contributed by atoms with Crippen molar-refractivity contribution in [1.29, 1.82) is 0 Å². The third-order valence-corrected chi connectivity index (χ3v) is 8.79. The Hall–Kier alpha value is -2.99. The number of benzene rings is 3. The Labute approximate surface area is 193 Å². The van der Waals surface area contributed by atoms with Crippen LogP contribution in [0.4, 0.5) is 8.78 Å². The van der Waals surface area contributed by atoms with Gasteiger partial charge in [-0.05, 0) is 62.9 Å². The number of halogens is 2. The normalized spacial score (nSPS) is 16.2. The van der Waals surface area contributed by atoms with Gasteiger partial charge in [0.15, 0.2) is 25.9 Å². The maximum Gasteiger partial charge on any atom is 0.337 e. The van der Waals surface area contributed by atoms with Crippen molar-refractivity contribution in [2.75, 3.05) is 7.11 Å². The average Bonchev–Trinajstić information content (AvgIpc) is 3.15. The van der Waals surface area contributed by atoms with Gasteiger partial charge in [-0.25, -0.2) is 9.18 Å². The van der Waals surface area contributed by atoms with Crippen LogP contribution >= 0.6 is 10.5 Å². The topological polar surface area (TPSA) is 35.5 Å². The Kier molecular flexibility index (Phi) is 5.57. The van der Waals surface area contributed by atoms with Crippen LogP contribution in [0.1, 0.15) is 49.4 Å². The third-order valence-electron chi connectivity index (χ3n) is 6.49. The minimum Gasteiger partial charge on any atom is -0.484 e. The van der Waals surface area contributed by atoms with Crippen LogP contribution in [-0.4, -0.2) is 18.7 Å². The number of esters is 1. The molecule has 1 aliphatic rings. The number of thiophene rings is 1. The second kappa shape index (κ2) is 8.41. The zero-order chi connectivity index (χ0) is 23.2. The molecule has 1 fully saturated rings. The van der Waals surface area contributed by atoms with Gasteiger partial charge < -0.3 is 9.47 Å². The zero-order valence-electron chi connectivity index (χ0n) is 18.6. The van der Waals surface area contributed by atoms with E-state index >= 15 is 0 Å². The van der Waals surface area contributed by atoms with E-state index < -0.39 is 33.7 Å². The van der Waals surface area contributed by atoms with Crippen LogP contribution in [0.5, 0.6) is 5.75 Å². The molecule has 1 unspecified atom stereocenters. The Morgan fingerprint density at radius 3 is 2.42 bits per heavy atom. The predicted molar refractivity (Wildman–Crippen MR) is 129 cm³/mol. The monoisotopic (exact) mass is 467 g/mol. The molecule has 0 saturated heterocycles. The lowest BCUT2D eigenvalue weighted by atomic mass is 9.86. The summed E-state index contributed by atoms with van der Waals surface area (Å²) in [4.78, 5) is 12.7. The SMILES string of the molecule is COC(=O)c1ccc2c(c1)c1ccccc1[s+]2-c1cc(F)c(F)c(OC2(C)CCCCC2)c1. The number of hydrogen-bond acceptors (Lipinski definition) is 3. The van der Waals surface area contributed by atoms with Crippen molar-refractivity contribution in [3.8, 4) is 10.6 Å². The Morgan fingerprint density at radius 1 is 0.939 bits per heavy atom. The fraction of sp³-hybridized carbons (Fsp3) is 0.296. The molecule has 4 aromatic rings. The average molecular weight is 468 g/mol. The van der Waals surface area contributed by atoms with E-state index in [9.17, 15) is 13.6 Å². The number of ether oxygens (including phenoxy) is 2. The molecule has 0 amide bonds. The summed E-state index contributed by atoms with van der Waals surface area (Å²) in [6.45, 7) is 1.98. The largest absolute Gasteiger partial charge is 0.484 e. The van der Waals surface area contributed by atoms with Crippen molar-refractivity contribution in [1.82, 2.24) is 0 Å². The maximum absolute atomic E-state index is 14.8. The van der Waals surface area contributed by atoms with Crippen molar-refractivity contribution < 1.29 is 23.0 Å². The second-order valence-corrected chi connectivity index (χ2v) is 10.8. The molecule has 1 aromatic heterocycles. The summed E-state index contributed by atoms with van der Waals surface area (Å²) in [6, 6.07) is 16.2. The van der Waals surface area contributed by atoms with Crippen LogP contribution in [0.15, 0.2) is 54.6 Å². The first kappa shape index (κ1) is 21.8. The molecule has 0 N–H and O–H groups in total. The highest BCUT2D eigenvalue weighted by atomic mass is 32.2. The second-order valence-electron chi connectivity index (χ2n) is 8.83. The molecular weight excluding hydrogens is 442 g/mol. The van der Waals surface area contributed by atoms with E-state index in [4.69, 9.17) is 9.47 Å². The van der Waals surface area contributed by atoms with Gasteiger partial charge in [-0.2, -0.15) is 4.39 Å². The number of methoxy groups -OCH3 is 1. The van der Waals surface area contributed by atoms with Gasteiger partial charge in [0.2, 0.25) is 5.82 Å². The van der Waals surface area contributed by atoms with Gasteiger partial charge in [-0.3, -0.25) is 0 Å². The van der Waals surface area contributed by atoms with Gasteiger partial charge in [-0.1, -0.05) is 18.6 Å². The minimum absolute atomic E-state index is 0.0287. The molecule has 0 aliphatic heterocycles. The van der Waals surface area contributed by atoms with Crippen LogP contribution in [0, 0.1) is 11.6 Å². The first-order chi connectivity index (χ1) is 15.9. The van der Waals surface area contributed by atoms with E-state index in [2.05, 4.69) is 0 Å². The first-order valence-corrected chi connectivity index (χ1v) is 12.4. The number of hydrogen-bond donors (Lipinski definition) is 0. The van der Waals surface area contributed by atoms with Gasteiger partial charge in [0.1, 0.15) is 5.60 Å². The molecule has 1 saturated carbocycles. The van der Waals surface area contributed by atoms with Gasteiger partial charge in [0.05, 0.1) is 12.7 Å². The van der Waals surface area contributed by atoms with Gasteiger partial charge in [0, 0.05) is 33.4 Å². The third kappa shape index (κ3) is 3.86. The summed E-state index contributed by atoms with van der Waals surface area (Å²) in [6.07, 6.45) is 4.83. The van der Waals surface area contributed by atoms with Crippen molar-refractivity contribution in [2.45, 2.75) is 44.6 Å². The summed E-state index contributed by atoms with van der Waals surface area (Å²) in [5, 5.41) is 1.89. The molecule has 3 nitrogen and oxygen atoms in total. The molecule has 33 heavy (non-hydrogen) atoms. The fourth-order valence-corrected chi connectivity index (χ4v) is 7.20. The minimum atomic E-state index is -0.942. The van der Waals surface area contributed by atoms with Crippen molar-refractivity contribution >= 4 is 36.6 Å². The predicted octanol–water partition coefficient (Wildman–Crippen LogP) is 7.90. The van der Waals surface area contributed by atoms with E-state index in [1.165, 1.54) is 13.2 Å². The van der Waals surface area contributed by atoms with E-state index in [1.54, 1.807) is 12.1 Å². The van der Waals surface area contributed by atoms with Crippen molar-refractivity contribution in [2.24, 2.45) is 0 Å². The number of carbonyl (C=O) groups is 1. The van der Waals surface area contributed by atoms with Crippen LogP contribution < -0.4 is 4.74 Å². The summed E-state index contributed by atoms with van der Waals surface area (Å²) >= 11 is 0. The smallest absolute Gasteiger partial charge is 0.337 e. The summed E-state index contributed by atoms with van der Waals surface area (Å²) in [5.41, 5.74) is -0.0372. The van der Waals surface area contributed by atoms with Crippen LogP contribution in [0.2, 0.25) is 0 Å². The highest BCUT2D eigenvalue weighted by Gasteiger charge is 2.32. The maximum atomic E-state index is 14.8. The molecule has 0 bridgehead atoms. The standard InChI is InChI=1S/C27H25F2O3S/c1-27(12-6-3-7-13-27)32-22-16-18(15-21(28)25(22)29)33-23-9-5-4-8-19(23)20-14-17(26(30)31-2)10-11-24(20)33/h4-5,8-11,14-16H,3,6-7,12-13H2,1-2H3/q+1. The molecule has 170 valence electrons. The first-order valence-electron chi connectivity index (χ1n) is 11.1. The van der Waals surface area contributed by atoms with Crippen LogP contribution in [-0.2, 0) is 4.74 Å². The Balaban J connectivity index is 1.70. The molecule has 1 aliphatic carbocycles. The lowest BCUT2D eigenvalue weighted by molar-refractivity contribution is 0.0441. The quantitative estimate of drug-likeness (QED) is 0.226. The van der Waals surface area contributed by atoms with E-state index in [0.717, 1.165) is 52.3 Å². The van der Waals surface area contributed by atoms with Crippen LogP contribution in [0.3, 0.4) is 0 Å². The highest BCUT2D eigenvalue weighted by molar-refractivity contribution is 7.50. The fourth-order valence-electron chi connectivity index (χ4n) is 4.80. The highest BCUT2D eigenvalue weighted by Crippen LogP contribution is 2.50. The summed E-state index contributed by atoms with van der Waals surface area (Å²) in [7, 11) is 0.699. The Bertz CT molecular complexity index is 1370. The van der Waals surface area contributed by atoms with E-state index in [-0.39, 0.29) is 5.75 Å². The number of fused-ring (bicyclic) bond motifs is 3. The molecule has 5 rings (SSSR count). The summed E-state index contributed by atoms with van der Waals surface area (Å²) < 4.78 is 42.6.